The van der Waals surface area contributed by atoms with Crippen LogP contribution in [0.5, 0.6) is 0 Å². The fourth-order valence-electron chi connectivity index (χ4n) is 3.68. The Hall–Kier alpha value is -1.35. The molecule has 1 aromatic rings. The van der Waals surface area contributed by atoms with Gasteiger partial charge in [0, 0.05) is 0 Å². The smallest absolute Gasteiger partial charge is 0.314 e. The highest BCUT2D eigenvalue weighted by Gasteiger charge is 2.50. The van der Waals surface area contributed by atoms with Crippen molar-refractivity contribution in [3.63, 3.8) is 0 Å². The van der Waals surface area contributed by atoms with E-state index >= 15 is 0 Å². The van der Waals surface area contributed by atoms with Gasteiger partial charge in [-0.3, -0.25) is 4.79 Å². The summed E-state index contributed by atoms with van der Waals surface area (Å²) in [5, 5.41) is 0. The van der Waals surface area contributed by atoms with Crippen LogP contribution in [-0.4, -0.2) is 19.2 Å². The molecule has 0 bridgehead atoms. The van der Waals surface area contributed by atoms with E-state index in [-0.39, 0.29) is 12.1 Å². The van der Waals surface area contributed by atoms with Gasteiger partial charge < -0.3 is 9.47 Å². The van der Waals surface area contributed by atoms with Gasteiger partial charge in [0.25, 0.3) is 0 Å². The van der Waals surface area contributed by atoms with Gasteiger partial charge in [0.15, 0.2) is 0 Å². The van der Waals surface area contributed by atoms with Crippen LogP contribution < -0.4 is 0 Å². The van der Waals surface area contributed by atoms with Crippen molar-refractivity contribution in [1.29, 1.82) is 0 Å². The molecule has 1 aliphatic rings. The number of carbonyl (C=O) groups is 1. The number of benzene rings is 1. The second-order valence-corrected chi connectivity index (χ2v) is 6.78. The van der Waals surface area contributed by atoms with Crippen LogP contribution in [0, 0.1) is 12.3 Å². The molecule has 0 spiro atoms. The van der Waals surface area contributed by atoms with E-state index < -0.39 is 5.41 Å². The lowest BCUT2D eigenvalue weighted by Gasteiger charge is -2.32. The molecule has 0 N–H and O–H groups in total. The molecule has 0 saturated heterocycles. The Morgan fingerprint density at radius 2 is 2.00 bits per heavy atom. The molecule has 2 atom stereocenters. The molecular weight excluding hydrogens is 288 g/mol. The molecule has 23 heavy (non-hydrogen) atoms. The molecule has 1 fully saturated rings. The van der Waals surface area contributed by atoms with Crippen LogP contribution in [-0.2, 0) is 20.9 Å². The zero-order valence-corrected chi connectivity index (χ0v) is 14.8. The molecular formula is C20H30O3. The lowest BCUT2D eigenvalue weighted by atomic mass is 9.79. The Kier molecular flexibility index (Phi) is 6.64. The van der Waals surface area contributed by atoms with E-state index in [2.05, 4.69) is 38.1 Å². The number of carbonyl (C=O) groups excluding carboxylic acids is 1. The molecule has 1 aromatic carbocycles. The van der Waals surface area contributed by atoms with Gasteiger partial charge in [0.2, 0.25) is 0 Å². The lowest BCUT2D eigenvalue weighted by molar-refractivity contribution is -0.163. The number of rotatable bonds is 8. The van der Waals surface area contributed by atoms with Gasteiger partial charge in [-0.15, -0.1) is 0 Å². The third-order valence-electron chi connectivity index (χ3n) is 5.10. The van der Waals surface area contributed by atoms with Crippen molar-refractivity contribution in [2.24, 2.45) is 5.41 Å². The minimum atomic E-state index is -0.436. The Labute approximate surface area is 140 Å². The SMILES string of the molecule is CCCCCC1(C(=O)OC)CCCC1OCc1ccc(C)cc1. The molecule has 3 heteroatoms. The summed E-state index contributed by atoms with van der Waals surface area (Å²) in [4.78, 5) is 12.5. The van der Waals surface area contributed by atoms with Crippen LogP contribution in [0.2, 0.25) is 0 Å². The fourth-order valence-corrected chi connectivity index (χ4v) is 3.68. The van der Waals surface area contributed by atoms with Crippen LogP contribution in [0.25, 0.3) is 0 Å². The van der Waals surface area contributed by atoms with Crippen LogP contribution >= 0.6 is 0 Å². The number of unbranched alkanes of at least 4 members (excludes halogenated alkanes) is 2. The summed E-state index contributed by atoms with van der Waals surface area (Å²) < 4.78 is 11.3. The molecule has 2 rings (SSSR count). The van der Waals surface area contributed by atoms with E-state index in [1.54, 1.807) is 0 Å². The maximum absolute atomic E-state index is 12.5. The number of hydrogen-bond donors (Lipinski definition) is 0. The number of aryl methyl sites for hydroxylation is 1. The second-order valence-electron chi connectivity index (χ2n) is 6.78. The molecule has 0 amide bonds. The van der Waals surface area contributed by atoms with Gasteiger partial charge in [-0.1, -0.05) is 56.0 Å². The normalized spacial score (nSPS) is 23.9. The predicted molar refractivity (Wildman–Crippen MR) is 92.2 cm³/mol. The molecule has 0 aliphatic heterocycles. The van der Waals surface area contributed by atoms with Crippen molar-refractivity contribution in [3.05, 3.63) is 35.4 Å². The van der Waals surface area contributed by atoms with E-state index in [0.717, 1.165) is 50.5 Å². The topological polar surface area (TPSA) is 35.5 Å². The summed E-state index contributed by atoms with van der Waals surface area (Å²) >= 11 is 0. The first kappa shape index (κ1) is 18.0. The average molecular weight is 318 g/mol. The van der Waals surface area contributed by atoms with Crippen molar-refractivity contribution >= 4 is 5.97 Å². The summed E-state index contributed by atoms with van der Waals surface area (Å²) in [6.45, 7) is 4.83. The zero-order chi connectivity index (χ0) is 16.7. The molecule has 128 valence electrons. The summed E-state index contributed by atoms with van der Waals surface area (Å²) in [7, 11) is 1.50. The summed E-state index contributed by atoms with van der Waals surface area (Å²) in [6.07, 6.45) is 7.13. The Balaban J connectivity index is 2.04. The van der Waals surface area contributed by atoms with Crippen LogP contribution in [0.1, 0.15) is 63.0 Å². The van der Waals surface area contributed by atoms with Gasteiger partial charge in [0.05, 0.1) is 25.2 Å². The van der Waals surface area contributed by atoms with Crippen molar-refractivity contribution in [1.82, 2.24) is 0 Å². The molecule has 0 heterocycles. The number of esters is 1. The molecule has 0 radical (unpaired) electrons. The first-order chi connectivity index (χ1) is 11.1. The van der Waals surface area contributed by atoms with Crippen molar-refractivity contribution in [2.45, 2.75) is 71.5 Å². The van der Waals surface area contributed by atoms with E-state index in [9.17, 15) is 4.79 Å². The Morgan fingerprint density at radius 1 is 1.26 bits per heavy atom. The average Bonchev–Trinajstić information content (AvgIpc) is 2.98. The first-order valence-corrected chi connectivity index (χ1v) is 8.88. The predicted octanol–water partition coefficient (Wildman–Crippen LogP) is 4.80. The standard InChI is InChI=1S/C20H30O3/c1-4-5-6-13-20(19(21)22-3)14-7-8-18(20)23-15-17-11-9-16(2)10-12-17/h9-12,18H,4-8,13-15H2,1-3H3. The van der Waals surface area contributed by atoms with Crippen molar-refractivity contribution in [3.8, 4) is 0 Å². The van der Waals surface area contributed by atoms with E-state index in [0.29, 0.717) is 6.61 Å². The summed E-state index contributed by atoms with van der Waals surface area (Å²) in [5.74, 6) is -0.0833. The number of ether oxygens (including phenoxy) is 2. The monoisotopic (exact) mass is 318 g/mol. The van der Waals surface area contributed by atoms with Gasteiger partial charge in [-0.05, 0) is 38.2 Å². The molecule has 2 unspecified atom stereocenters. The summed E-state index contributed by atoms with van der Waals surface area (Å²) in [5.41, 5.74) is 1.97. The lowest BCUT2D eigenvalue weighted by Crippen LogP contribution is -2.40. The third-order valence-corrected chi connectivity index (χ3v) is 5.10. The minimum Gasteiger partial charge on any atom is -0.469 e. The molecule has 1 saturated carbocycles. The second kappa shape index (κ2) is 8.49. The van der Waals surface area contributed by atoms with Gasteiger partial charge in [-0.25, -0.2) is 0 Å². The van der Waals surface area contributed by atoms with Gasteiger partial charge >= 0.3 is 5.97 Å². The van der Waals surface area contributed by atoms with Crippen molar-refractivity contribution in [2.75, 3.05) is 7.11 Å². The highest BCUT2D eigenvalue weighted by Crippen LogP contribution is 2.45. The highest BCUT2D eigenvalue weighted by atomic mass is 16.5. The molecule has 0 aromatic heterocycles. The Morgan fingerprint density at radius 3 is 2.65 bits per heavy atom. The zero-order valence-electron chi connectivity index (χ0n) is 14.8. The fraction of sp³-hybridized carbons (Fsp3) is 0.650. The van der Waals surface area contributed by atoms with Crippen LogP contribution in [0.4, 0.5) is 0 Å². The van der Waals surface area contributed by atoms with E-state index in [1.165, 1.54) is 12.7 Å². The maximum atomic E-state index is 12.5. The largest absolute Gasteiger partial charge is 0.469 e. The van der Waals surface area contributed by atoms with Crippen LogP contribution in [0.3, 0.4) is 0 Å². The summed E-state index contributed by atoms with van der Waals surface area (Å²) in [6, 6.07) is 8.40. The van der Waals surface area contributed by atoms with E-state index in [1.807, 2.05) is 0 Å². The van der Waals surface area contributed by atoms with Gasteiger partial charge in [0.1, 0.15) is 0 Å². The Bertz CT molecular complexity index is 494. The van der Waals surface area contributed by atoms with Crippen molar-refractivity contribution < 1.29 is 14.3 Å². The first-order valence-electron chi connectivity index (χ1n) is 8.88. The molecule has 1 aliphatic carbocycles. The third kappa shape index (κ3) is 4.35. The van der Waals surface area contributed by atoms with E-state index in [4.69, 9.17) is 9.47 Å². The maximum Gasteiger partial charge on any atom is 0.314 e. The quantitative estimate of drug-likeness (QED) is 0.510. The van der Waals surface area contributed by atoms with Gasteiger partial charge in [-0.2, -0.15) is 0 Å². The molecule has 3 nitrogen and oxygen atoms in total. The highest BCUT2D eigenvalue weighted by molar-refractivity contribution is 5.78. The number of methoxy groups -OCH3 is 1. The van der Waals surface area contributed by atoms with Crippen LogP contribution in [0.15, 0.2) is 24.3 Å². The minimum absolute atomic E-state index is 0.0203. The number of hydrogen-bond acceptors (Lipinski definition) is 3.